The summed E-state index contributed by atoms with van der Waals surface area (Å²) >= 11 is 5.90. The molecule has 21 heavy (non-hydrogen) atoms. The van der Waals surface area contributed by atoms with E-state index in [4.69, 9.17) is 21.3 Å². The summed E-state index contributed by atoms with van der Waals surface area (Å²) in [5.41, 5.74) is 3.49. The van der Waals surface area contributed by atoms with Crippen molar-refractivity contribution in [2.45, 2.75) is 19.9 Å². The first-order valence-corrected chi connectivity index (χ1v) is 7.90. The Balaban J connectivity index is 2.10. The number of halogens is 1. The summed E-state index contributed by atoms with van der Waals surface area (Å²) in [6, 6.07) is 6.23. The molecular weight excluding hydrogens is 286 g/mol. The molecule has 0 radical (unpaired) electrons. The van der Waals surface area contributed by atoms with E-state index >= 15 is 0 Å². The van der Waals surface area contributed by atoms with Gasteiger partial charge >= 0.3 is 0 Å². The number of ether oxygens (including phenoxy) is 1. The Bertz CT molecular complexity index is 580. The number of rotatable bonds is 8. The van der Waals surface area contributed by atoms with Crippen LogP contribution < -0.4 is 0 Å². The van der Waals surface area contributed by atoms with Gasteiger partial charge in [0.25, 0.3) is 0 Å². The van der Waals surface area contributed by atoms with Crippen molar-refractivity contribution in [3.63, 3.8) is 0 Å². The number of para-hydroxylation sites is 1. The van der Waals surface area contributed by atoms with Crippen LogP contribution in [0.5, 0.6) is 0 Å². The van der Waals surface area contributed by atoms with Gasteiger partial charge in [0.15, 0.2) is 0 Å². The lowest BCUT2D eigenvalue weighted by Gasteiger charge is -2.12. The van der Waals surface area contributed by atoms with Crippen molar-refractivity contribution in [1.82, 2.24) is 14.5 Å². The lowest BCUT2D eigenvalue weighted by atomic mass is 10.2. The van der Waals surface area contributed by atoms with E-state index in [2.05, 4.69) is 42.6 Å². The van der Waals surface area contributed by atoms with Crippen molar-refractivity contribution in [3.05, 3.63) is 29.6 Å². The zero-order valence-corrected chi connectivity index (χ0v) is 13.9. The minimum atomic E-state index is 0.587. The largest absolute Gasteiger partial charge is 0.378 e. The number of aromatic nitrogens is 2. The molecule has 0 amide bonds. The zero-order valence-electron chi connectivity index (χ0n) is 13.1. The molecule has 0 aliphatic rings. The Kier molecular flexibility index (Phi) is 6.03. The summed E-state index contributed by atoms with van der Waals surface area (Å²) in [6.07, 6.45) is 0.785. The summed E-state index contributed by atoms with van der Waals surface area (Å²) < 4.78 is 7.97. The second-order valence-electron chi connectivity index (χ2n) is 5.48. The quantitative estimate of drug-likeness (QED) is 0.555. The number of hydrogen-bond acceptors (Lipinski definition) is 3. The monoisotopic (exact) mass is 309 g/mol. The number of imidazole rings is 1. The number of fused-ring (bicyclic) bond motifs is 1. The Hall–Kier alpha value is -1.10. The molecule has 0 saturated heterocycles. The van der Waals surface area contributed by atoms with Crippen molar-refractivity contribution >= 4 is 22.6 Å². The third kappa shape index (κ3) is 4.19. The lowest BCUT2D eigenvalue weighted by molar-refractivity contribution is 0.111. The zero-order chi connectivity index (χ0) is 15.2. The molecule has 2 rings (SSSR count). The van der Waals surface area contributed by atoms with E-state index in [1.54, 1.807) is 0 Å². The highest BCUT2D eigenvalue weighted by Crippen LogP contribution is 2.20. The van der Waals surface area contributed by atoms with Gasteiger partial charge in [-0.1, -0.05) is 12.1 Å². The molecule has 116 valence electrons. The molecule has 0 N–H and O–H groups in total. The van der Waals surface area contributed by atoms with Gasteiger partial charge in [-0.15, -0.1) is 11.6 Å². The van der Waals surface area contributed by atoms with Crippen LogP contribution in [0.3, 0.4) is 0 Å². The van der Waals surface area contributed by atoms with Crippen LogP contribution in [0.2, 0.25) is 0 Å². The van der Waals surface area contributed by atoms with Crippen LogP contribution in [-0.2, 0) is 17.7 Å². The maximum atomic E-state index is 5.90. The number of aryl methyl sites for hydroxylation is 2. The fourth-order valence-electron chi connectivity index (χ4n) is 2.43. The van der Waals surface area contributed by atoms with Gasteiger partial charge in [-0.05, 0) is 32.6 Å². The Morgan fingerprint density at radius 3 is 2.81 bits per heavy atom. The molecule has 1 aromatic carbocycles. The smallest absolute Gasteiger partial charge is 0.111 e. The molecular formula is C16H24ClN3O. The third-order valence-electron chi connectivity index (χ3n) is 3.51. The normalized spacial score (nSPS) is 11.7. The maximum absolute atomic E-state index is 5.90. The standard InChI is InChI=1S/C16H24ClN3O/c1-13-5-4-6-14-16(13)20(15(18-14)7-8-17)10-12-21-11-9-19(2)3/h4-6H,7-12H2,1-3H3. The van der Waals surface area contributed by atoms with Gasteiger partial charge in [0.2, 0.25) is 0 Å². The molecule has 0 fully saturated rings. The second kappa shape index (κ2) is 7.78. The average Bonchev–Trinajstić information content (AvgIpc) is 2.78. The fraction of sp³-hybridized carbons (Fsp3) is 0.562. The van der Waals surface area contributed by atoms with Crippen LogP contribution >= 0.6 is 11.6 Å². The number of benzene rings is 1. The van der Waals surface area contributed by atoms with Crippen LogP contribution in [0.4, 0.5) is 0 Å². The predicted octanol–water partition coefficient (Wildman–Crippen LogP) is 2.70. The molecule has 5 heteroatoms. The minimum absolute atomic E-state index is 0.587. The number of hydrogen-bond donors (Lipinski definition) is 0. The molecule has 0 aliphatic carbocycles. The minimum Gasteiger partial charge on any atom is -0.378 e. The highest BCUT2D eigenvalue weighted by molar-refractivity contribution is 6.17. The summed E-state index contributed by atoms with van der Waals surface area (Å²) in [6.45, 7) is 5.34. The van der Waals surface area contributed by atoms with E-state index in [9.17, 15) is 0 Å². The molecule has 0 aliphatic heterocycles. The molecule has 0 spiro atoms. The van der Waals surface area contributed by atoms with Crippen LogP contribution in [0, 0.1) is 6.92 Å². The van der Waals surface area contributed by atoms with Crippen LogP contribution in [-0.4, -0.2) is 54.2 Å². The Morgan fingerprint density at radius 2 is 2.10 bits per heavy atom. The van der Waals surface area contributed by atoms with Gasteiger partial charge in [0, 0.05) is 25.4 Å². The van der Waals surface area contributed by atoms with E-state index < -0.39 is 0 Å². The van der Waals surface area contributed by atoms with E-state index in [-0.39, 0.29) is 0 Å². The molecule has 0 atom stereocenters. The van der Waals surface area contributed by atoms with Crippen molar-refractivity contribution in [3.8, 4) is 0 Å². The van der Waals surface area contributed by atoms with E-state index in [0.29, 0.717) is 12.5 Å². The van der Waals surface area contributed by atoms with Crippen LogP contribution in [0.15, 0.2) is 18.2 Å². The molecule has 1 aromatic heterocycles. The van der Waals surface area contributed by atoms with Crippen LogP contribution in [0.1, 0.15) is 11.4 Å². The Morgan fingerprint density at radius 1 is 1.29 bits per heavy atom. The molecule has 1 heterocycles. The molecule has 0 bridgehead atoms. The van der Waals surface area contributed by atoms with Gasteiger partial charge in [-0.25, -0.2) is 4.98 Å². The summed E-state index contributed by atoms with van der Waals surface area (Å²) in [5.74, 6) is 1.63. The van der Waals surface area contributed by atoms with Crippen molar-refractivity contribution in [2.75, 3.05) is 39.7 Å². The van der Waals surface area contributed by atoms with Gasteiger partial charge in [0.1, 0.15) is 5.82 Å². The Labute approximate surface area is 131 Å². The summed E-state index contributed by atoms with van der Waals surface area (Å²) in [7, 11) is 4.10. The van der Waals surface area contributed by atoms with E-state index in [1.807, 2.05) is 6.07 Å². The highest BCUT2D eigenvalue weighted by Gasteiger charge is 2.11. The topological polar surface area (TPSA) is 30.3 Å². The summed E-state index contributed by atoms with van der Waals surface area (Å²) in [5, 5.41) is 0. The SMILES string of the molecule is Cc1cccc2nc(CCCl)n(CCOCCN(C)C)c12. The summed E-state index contributed by atoms with van der Waals surface area (Å²) in [4.78, 5) is 6.83. The first-order valence-electron chi connectivity index (χ1n) is 7.36. The number of likely N-dealkylation sites (N-methyl/N-ethyl adjacent to an activating group) is 1. The molecule has 2 aromatic rings. The highest BCUT2D eigenvalue weighted by atomic mass is 35.5. The van der Waals surface area contributed by atoms with Crippen LogP contribution in [0.25, 0.3) is 11.0 Å². The first kappa shape index (κ1) is 16.3. The third-order valence-corrected chi connectivity index (χ3v) is 3.70. The first-order chi connectivity index (χ1) is 10.1. The van der Waals surface area contributed by atoms with E-state index in [0.717, 1.165) is 37.5 Å². The predicted molar refractivity (Wildman–Crippen MR) is 88.3 cm³/mol. The number of alkyl halides is 1. The van der Waals surface area contributed by atoms with Gasteiger partial charge in [0.05, 0.1) is 24.2 Å². The second-order valence-corrected chi connectivity index (χ2v) is 5.85. The van der Waals surface area contributed by atoms with Gasteiger partial charge in [-0.2, -0.15) is 0 Å². The maximum Gasteiger partial charge on any atom is 0.111 e. The van der Waals surface area contributed by atoms with Crippen molar-refractivity contribution < 1.29 is 4.74 Å². The number of nitrogens with zero attached hydrogens (tertiary/aromatic N) is 3. The van der Waals surface area contributed by atoms with E-state index in [1.165, 1.54) is 11.1 Å². The molecule has 4 nitrogen and oxygen atoms in total. The average molecular weight is 310 g/mol. The van der Waals surface area contributed by atoms with Crippen molar-refractivity contribution in [1.29, 1.82) is 0 Å². The van der Waals surface area contributed by atoms with Gasteiger partial charge in [-0.3, -0.25) is 0 Å². The van der Waals surface area contributed by atoms with Gasteiger partial charge < -0.3 is 14.2 Å². The molecule has 0 saturated carbocycles. The van der Waals surface area contributed by atoms with Crippen molar-refractivity contribution in [2.24, 2.45) is 0 Å². The lowest BCUT2D eigenvalue weighted by Crippen LogP contribution is -2.19. The fourth-order valence-corrected chi connectivity index (χ4v) is 2.60. The molecule has 0 unspecified atom stereocenters.